The molecule has 0 bridgehead atoms. The van der Waals surface area contributed by atoms with Gasteiger partial charge >= 0.3 is 0 Å². The van der Waals surface area contributed by atoms with Crippen LogP contribution in [0.15, 0.2) is 500 Å². The first-order valence-electron chi connectivity index (χ1n) is 50.4. The third-order valence-corrected chi connectivity index (χ3v) is 31.2. The van der Waals surface area contributed by atoms with Crippen LogP contribution in [0.1, 0.15) is 22.3 Å². The van der Waals surface area contributed by atoms with Crippen molar-refractivity contribution in [1.82, 2.24) is 44.9 Å². The molecule has 150 heavy (non-hydrogen) atoms. The van der Waals surface area contributed by atoms with Crippen LogP contribution in [0, 0.1) is 0 Å². The molecule has 0 spiro atoms. The molecular formula is C137H85N9O2S2. The highest BCUT2D eigenvalue weighted by Gasteiger charge is 2.28. The molecule has 0 aliphatic heterocycles. The fourth-order valence-corrected chi connectivity index (χ4v) is 24.2. The van der Waals surface area contributed by atoms with Crippen LogP contribution in [-0.4, -0.2) is 44.9 Å². The zero-order chi connectivity index (χ0) is 99.1. The Kier molecular flexibility index (Phi) is 22.2. The van der Waals surface area contributed by atoms with Crippen LogP contribution in [0.3, 0.4) is 0 Å². The van der Waals surface area contributed by atoms with Gasteiger partial charge in [0.05, 0.1) is 0 Å². The summed E-state index contributed by atoms with van der Waals surface area (Å²) in [6.45, 7) is 0. The number of rotatable bonds is 15. The minimum absolute atomic E-state index is 0.612. The quantitative estimate of drug-likeness (QED) is 0.0968. The molecule has 0 radical (unpaired) electrons. The molecule has 30 rings (SSSR count). The molecule has 0 saturated carbocycles. The average Bonchev–Trinajstić information content (AvgIpc) is 1.55. The van der Waals surface area contributed by atoms with E-state index in [1.165, 1.54) is 118 Å². The van der Waals surface area contributed by atoms with Crippen LogP contribution >= 0.6 is 22.7 Å². The summed E-state index contributed by atoms with van der Waals surface area (Å²) in [5, 5.41) is 9.43. The molecule has 0 amide bonds. The van der Waals surface area contributed by atoms with Crippen LogP contribution < -0.4 is 0 Å². The number of furan rings is 2. The van der Waals surface area contributed by atoms with Crippen LogP contribution in [0.2, 0.25) is 0 Å². The average molecular weight is 1950 g/mol. The van der Waals surface area contributed by atoms with Crippen molar-refractivity contribution in [1.29, 1.82) is 0 Å². The summed E-state index contributed by atoms with van der Waals surface area (Å²) < 4.78 is 18.0. The van der Waals surface area contributed by atoms with Gasteiger partial charge in [0.25, 0.3) is 0 Å². The van der Waals surface area contributed by atoms with Crippen molar-refractivity contribution in [3.8, 4) is 192 Å². The second-order valence-corrected chi connectivity index (χ2v) is 40.1. The van der Waals surface area contributed by atoms with Crippen molar-refractivity contribution in [2.75, 3.05) is 0 Å². The fraction of sp³-hybridized carbons (Fsp3) is 0.0146. The van der Waals surface area contributed by atoms with E-state index in [1.54, 1.807) is 0 Å². The van der Waals surface area contributed by atoms with Gasteiger partial charge in [-0.05, 0) is 191 Å². The van der Waals surface area contributed by atoms with E-state index in [0.717, 1.165) is 140 Å². The number of benzene rings is 21. The molecule has 2 aliphatic rings. The highest BCUT2D eigenvalue weighted by Crippen LogP contribution is 2.51. The van der Waals surface area contributed by atoms with E-state index >= 15 is 0 Å². The van der Waals surface area contributed by atoms with Gasteiger partial charge in [-0.2, -0.15) is 0 Å². The first kappa shape index (κ1) is 88.4. The lowest BCUT2D eigenvalue weighted by Crippen LogP contribution is -2.00. The Labute approximate surface area is 872 Å². The summed E-state index contributed by atoms with van der Waals surface area (Å²) in [4.78, 5) is 45.5. The van der Waals surface area contributed by atoms with Gasteiger partial charge in [0, 0.05) is 118 Å². The Bertz CT molecular complexity index is 9620. The number of thiophene rings is 2. The molecule has 7 heterocycles. The summed E-state index contributed by atoms with van der Waals surface area (Å²) in [7, 11) is 0. The molecule has 7 aromatic heterocycles. The van der Waals surface area contributed by atoms with Gasteiger partial charge in [-0.1, -0.05) is 419 Å². The van der Waals surface area contributed by atoms with Gasteiger partial charge in [-0.15, -0.1) is 22.7 Å². The van der Waals surface area contributed by atoms with Gasteiger partial charge in [-0.25, -0.2) is 44.9 Å². The number of hydrogen-bond acceptors (Lipinski definition) is 13. The number of aromatic nitrogens is 9. The second-order valence-electron chi connectivity index (χ2n) is 38.0. The molecule has 0 N–H and O–H groups in total. The summed E-state index contributed by atoms with van der Waals surface area (Å²) in [6, 6.07) is 172. The monoisotopic (exact) mass is 1950 g/mol. The highest BCUT2D eigenvalue weighted by atomic mass is 32.1. The smallest absolute Gasteiger partial charge is 0.164 e. The van der Waals surface area contributed by atoms with Crippen LogP contribution in [0.4, 0.5) is 0 Å². The minimum atomic E-state index is 0.612. The highest BCUT2D eigenvalue weighted by molar-refractivity contribution is 7.26. The van der Waals surface area contributed by atoms with Crippen molar-refractivity contribution in [2.24, 2.45) is 0 Å². The first-order valence-corrected chi connectivity index (χ1v) is 52.0. The maximum atomic E-state index is 6.55. The summed E-state index contributed by atoms with van der Waals surface area (Å²) in [5.41, 5.74) is 36.5. The predicted octanol–water partition coefficient (Wildman–Crippen LogP) is 36.3. The van der Waals surface area contributed by atoms with Gasteiger partial charge in [-0.3, -0.25) is 0 Å². The first-order chi connectivity index (χ1) is 74.3. The predicted molar refractivity (Wildman–Crippen MR) is 618 cm³/mol. The molecule has 13 heteroatoms. The second kappa shape index (κ2) is 37.7. The van der Waals surface area contributed by atoms with E-state index in [2.05, 4.69) is 322 Å². The Hall–Kier alpha value is -19.3. The lowest BCUT2D eigenvalue weighted by Gasteiger charge is -2.14. The standard InChI is InChI=1S/C47H31N3.2C45H27N3OS/c1-2-10-32(11-3-1)45-48-46(33-24-20-30(21-25-33)39-18-8-14-37-28-35-12-4-6-16-41(35)43(37)39)50-47(49-45)34-26-22-31(23-27-34)40-19-9-15-38-29-36-13-5-7-17-42(36)44(38)40;1-3-13-28(14-4-1)43-46-44(29-15-5-2-6-16-29)48-45(47-43)32-26-30(33-19-11-21-37-35-17-7-9-23-39(35)49-41(33)37)25-31(27-32)34-20-12-22-38-36-18-8-10-24-40(36)50-42(34)38;1-3-13-28(14-4-1)43-46-44(29-15-5-2-6-16-29)48-45(47-43)32-26-30(33-19-11-22-38-41(33)35-17-7-9-21-37(35)49-38)25-31(27-32)34-20-12-24-40-42(34)36-18-8-10-23-39(36)50-40/h1-27H,28-29H2;2*1-27H. The van der Waals surface area contributed by atoms with Crippen molar-refractivity contribution >= 4 is 107 Å². The lowest BCUT2D eigenvalue weighted by molar-refractivity contribution is 0.669. The van der Waals surface area contributed by atoms with Crippen LogP contribution in [0.25, 0.3) is 276 Å². The Morgan fingerprint density at radius 1 is 0.160 bits per heavy atom. The minimum Gasteiger partial charge on any atom is -0.456 e. The molecule has 2 aliphatic carbocycles. The van der Waals surface area contributed by atoms with Crippen LogP contribution in [0.5, 0.6) is 0 Å². The number of para-hydroxylation sites is 3. The number of nitrogens with zero attached hydrogens (tertiary/aromatic N) is 9. The molecule has 0 saturated heterocycles. The number of fused-ring (bicyclic) bond motifs is 18. The largest absolute Gasteiger partial charge is 0.456 e. The molecular weight excluding hydrogens is 1870 g/mol. The Morgan fingerprint density at radius 3 is 0.940 bits per heavy atom. The van der Waals surface area contributed by atoms with Gasteiger partial charge in [0.15, 0.2) is 52.4 Å². The Morgan fingerprint density at radius 2 is 0.453 bits per heavy atom. The maximum Gasteiger partial charge on any atom is 0.164 e. The number of hydrogen-bond donors (Lipinski definition) is 0. The van der Waals surface area contributed by atoms with Gasteiger partial charge in [0.2, 0.25) is 0 Å². The van der Waals surface area contributed by atoms with Gasteiger partial charge in [0.1, 0.15) is 22.3 Å². The van der Waals surface area contributed by atoms with E-state index < -0.39 is 0 Å². The van der Waals surface area contributed by atoms with E-state index in [-0.39, 0.29) is 0 Å². The molecule has 11 nitrogen and oxygen atoms in total. The third-order valence-electron chi connectivity index (χ3n) is 28.9. The van der Waals surface area contributed by atoms with Gasteiger partial charge < -0.3 is 8.83 Å². The lowest BCUT2D eigenvalue weighted by atomic mass is 9.92. The van der Waals surface area contributed by atoms with E-state index in [4.69, 9.17) is 53.7 Å². The van der Waals surface area contributed by atoms with Crippen molar-refractivity contribution in [3.05, 3.63) is 514 Å². The molecule has 21 aromatic carbocycles. The van der Waals surface area contributed by atoms with Crippen molar-refractivity contribution in [3.63, 3.8) is 0 Å². The summed E-state index contributed by atoms with van der Waals surface area (Å²) in [6.07, 6.45) is 1.96. The molecule has 702 valence electrons. The topological polar surface area (TPSA) is 142 Å². The normalized spacial score (nSPS) is 11.8. The van der Waals surface area contributed by atoms with E-state index in [1.807, 2.05) is 193 Å². The molecule has 0 atom stereocenters. The fourth-order valence-electron chi connectivity index (χ4n) is 21.8. The zero-order valence-electron chi connectivity index (χ0n) is 80.8. The molecule has 0 fully saturated rings. The van der Waals surface area contributed by atoms with Crippen molar-refractivity contribution < 1.29 is 8.83 Å². The molecule has 0 unspecified atom stereocenters. The molecule has 28 aromatic rings. The summed E-state index contributed by atoms with van der Waals surface area (Å²) in [5.74, 6) is 5.74. The third kappa shape index (κ3) is 16.3. The van der Waals surface area contributed by atoms with E-state index in [9.17, 15) is 0 Å². The SMILES string of the molecule is c1ccc(-c2nc(-c3ccc(-c4cccc5c4-c4ccccc4C5)cc3)nc(-c3ccc(-c4cccc5c4-c4ccccc4C5)cc3)n2)cc1.c1ccc(-c2nc(-c3ccccc3)nc(-c3cc(-c4cccc5c4oc4ccccc45)cc(-c4cccc5c4sc4ccccc45)c3)n2)cc1.c1ccc(-c2nc(-c3ccccc3)nc(-c3cc(-c4cccc5oc6ccccc6c45)cc(-c4cccc5sc6ccccc6c45)c3)n2)cc1. The van der Waals surface area contributed by atoms with Crippen molar-refractivity contribution in [2.45, 2.75) is 12.8 Å². The maximum absolute atomic E-state index is 6.55. The van der Waals surface area contributed by atoms with E-state index in [0.29, 0.717) is 52.4 Å². The Balaban J connectivity index is 0.000000108. The summed E-state index contributed by atoms with van der Waals surface area (Å²) >= 11 is 3.66. The van der Waals surface area contributed by atoms with Crippen LogP contribution in [-0.2, 0) is 12.8 Å². The zero-order valence-corrected chi connectivity index (χ0v) is 82.5.